The van der Waals surface area contributed by atoms with Crippen molar-refractivity contribution < 1.29 is 9.53 Å². The first kappa shape index (κ1) is 14.1. The number of thiocarbonyl (C=S) groups is 1. The van der Waals surface area contributed by atoms with Crippen LogP contribution in [0.3, 0.4) is 0 Å². The van der Waals surface area contributed by atoms with Crippen LogP contribution in [0.4, 0.5) is 4.79 Å². The van der Waals surface area contributed by atoms with E-state index < -0.39 is 0 Å². The van der Waals surface area contributed by atoms with Gasteiger partial charge in [0.15, 0.2) is 5.11 Å². The van der Waals surface area contributed by atoms with Gasteiger partial charge < -0.3 is 20.3 Å². The molecular formula is C15H19N3O2S. The summed E-state index contributed by atoms with van der Waals surface area (Å²) in [6.45, 7) is 2.98. The van der Waals surface area contributed by atoms with Crippen LogP contribution in [0.15, 0.2) is 30.3 Å². The van der Waals surface area contributed by atoms with Gasteiger partial charge in [-0.2, -0.15) is 0 Å². The van der Waals surface area contributed by atoms with Crippen molar-refractivity contribution in [2.45, 2.75) is 25.0 Å². The molecule has 1 spiro atoms. The van der Waals surface area contributed by atoms with Gasteiger partial charge in [-0.15, -0.1) is 0 Å². The van der Waals surface area contributed by atoms with Crippen LogP contribution in [-0.2, 0) is 11.3 Å². The molecule has 2 fully saturated rings. The highest BCUT2D eigenvalue weighted by atomic mass is 32.1. The van der Waals surface area contributed by atoms with Gasteiger partial charge in [-0.3, -0.25) is 0 Å². The highest BCUT2D eigenvalue weighted by molar-refractivity contribution is 7.80. The van der Waals surface area contributed by atoms with Crippen LogP contribution in [0.2, 0.25) is 0 Å². The van der Waals surface area contributed by atoms with E-state index in [1.165, 1.54) is 5.56 Å². The summed E-state index contributed by atoms with van der Waals surface area (Å²) in [7, 11) is 0. The van der Waals surface area contributed by atoms with Crippen LogP contribution >= 0.6 is 12.2 Å². The maximum Gasteiger partial charge on any atom is 0.407 e. The number of hydrogen-bond donors (Lipinski definition) is 2. The molecule has 1 aromatic carbocycles. The van der Waals surface area contributed by atoms with Crippen molar-refractivity contribution in [3.05, 3.63) is 35.9 Å². The van der Waals surface area contributed by atoms with E-state index in [0.717, 1.165) is 37.6 Å². The van der Waals surface area contributed by atoms with E-state index in [1.54, 1.807) is 0 Å². The van der Waals surface area contributed by atoms with E-state index in [9.17, 15) is 4.79 Å². The summed E-state index contributed by atoms with van der Waals surface area (Å²) in [5.74, 6) is 0. The van der Waals surface area contributed by atoms with Crippen molar-refractivity contribution in [2.24, 2.45) is 0 Å². The monoisotopic (exact) mass is 305 g/mol. The van der Waals surface area contributed by atoms with Crippen molar-refractivity contribution >= 4 is 23.4 Å². The van der Waals surface area contributed by atoms with Crippen LogP contribution in [0.25, 0.3) is 0 Å². The smallest absolute Gasteiger partial charge is 0.407 e. The Labute approximate surface area is 129 Å². The molecule has 112 valence electrons. The standard InChI is InChI=1S/C15H19N3O2S/c19-14-17-11-15(20-14)6-8-18(9-7-15)13(21)16-10-12-4-2-1-3-5-12/h1-5H,6-11H2,(H,16,21)(H,17,19). The van der Waals surface area contributed by atoms with E-state index in [0.29, 0.717) is 6.54 Å². The number of benzene rings is 1. The highest BCUT2D eigenvalue weighted by Gasteiger charge is 2.43. The predicted octanol–water partition coefficient (Wildman–Crippen LogP) is 1.64. The van der Waals surface area contributed by atoms with Crippen LogP contribution in [-0.4, -0.2) is 41.3 Å². The number of carbonyl (C=O) groups excluding carboxylic acids is 1. The van der Waals surface area contributed by atoms with Gasteiger partial charge in [0.1, 0.15) is 5.60 Å². The molecule has 2 aliphatic heterocycles. The van der Waals surface area contributed by atoms with Gasteiger partial charge in [0.25, 0.3) is 0 Å². The maximum absolute atomic E-state index is 11.2. The van der Waals surface area contributed by atoms with Gasteiger partial charge in [-0.25, -0.2) is 4.79 Å². The number of likely N-dealkylation sites (tertiary alicyclic amines) is 1. The molecule has 0 unspecified atom stereocenters. The van der Waals surface area contributed by atoms with Crippen molar-refractivity contribution in [3.63, 3.8) is 0 Å². The fourth-order valence-corrected chi connectivity index (χ4v) is 3.04. The molecule has 0 atom stereocenters. The largest absolute Gasteiger partial charge is 0.441 e. The number of hydrogen-bond acceptors (Lipinski definition) is 3. The normalized spacial score (nSPS) is 20.0. The first-order chi connectivity index (χ1) is 10.2. The summed E-state index contributed by atoms with van der Waals surface area (Å²) in [6, 6.07) is 10.2. The SMILES string of the molecule is O=C1NCC2(CCN(C(=S)NCc3ccccc3)CC2)O1. The zero-order chi connectivity index (χ0) is 14.7. The molecule has 1 aromatic rings. The second-order valence-electron chi connectivity index (χ2n) is 5.56. The van der Waals surface area contributed by atoms with Crippen LogP contribution in [0.5, 0.6) is 0 Å². The third kappa shape index (κ3) is 3.26. The van der Waals surface area contributed by atoms with Gasteiger partial charge in [-0.1, -0.05) is 30.3 Å². The molecule has 0 aliphatic carbocycles. The molecule has 2 aliphatic rings. The van der Waals surface area contributed by atoms with Crippen molar-refractivity contribution in [3.8, 4) is 0 Å². The number of nitrogens with zero attached hydrogens (tertiary/aromatic N) is 1. The molecule has 0 saturated carbocycles. The van der Waals surface area contributed by atoms with Gasteiger partial charge in [-0.05, 0) is 17.8 Å². The Morgan fingerprint density at radius 1 is 1.33 bits per heavy atom. The van der Waals surface area contributed by atoms with E-state index in [-0.39, 0.29) is 11.7 Å². The summed E-state index contributed by atoms with van der Waals surface area (Å²) in [6.07, 6.45) is 1.34. The quantitative estimate of drug-likeness (QED) is 0.814. The Bertz CT molecular complexity index is 527. The topological polar surface area (TPSA) is 53.6 Å². The molecule has 6 heteroatoms. The Hall–Kier alpha value is -1.82. The van der Waals surface area contributed by atoms with Crippen molar-refractivity contribution in [2.75, 3.05) is 19.6 Å². The number of nitrogens with one attached hydrogen (secondary N) is 2. The molecule has 3 rings (SSSR count). The van der Waals surface area contributed by atoms with E-state index in [4.69, 9.17) is 17.0 Å². The van der Waals surface area contributed by atoms with E-state index in [1.807, 2.05) is 18.2 Å². The lowest BCUT2D eigenvalue weighted by molar-refractivity contribution is 0.0147. The predicted molar refractivity (Wildman–Crippen MR) is 83.9 cm³/mol. The molecule has 0 bridgehead atoms. The number of piperidine rings is 1. The summed E-state index contributed by atoms with van der Waals surface area (Å²) < 4.78 is 5.41. The maximum atomic E-state index is 11.2. The summed E-state index contributed by atoms with van der Waals surface area (Å²) in [4.78, 5) is 13.4. The third-order valence-electron chi connectivity index (χ3n) is 4.11. The molecule has 21 heavy (non-hydrogen) atoms. The average Bonchev–Trinajstić information content (AvgIpc) is 2.87. The molecule has 0 radical (unpaired) electrons. The Balaban J connectivity index is 1.48. The molecular weight excluding hydrogens is 286 g/mol. The molecule has 2 saturated heterocycles. The Morgan fingerprint density at radius 2 is 2.05 bits per heavy atom. The second kappa shape index (κ2) is 5.89. The van der Waals surface area contributed by atoms with E-state index in [2.05, 4.69) is 27.7 Å². The second-order valence-corrected chi connectivity index (χ2v) is 5.94. The van der Waals surface area contributed by atoms with Gasteiger partial charge in [0.2, 0.25) is 0 Å². The lowest BCUT2D eigenvalue weighted by Crippen LogP contribution is -2.51. The summed E-state index contributed by atoms with van der Waals surface area (Å²) in [5.41, 5.74) is 0.894. The van der Waals surface area contributed by atoms with Crippen molar-refractivity contribution in [1.82, 2.24) is 15.5 Å². The number of ether oxygens (including phenoxy) is 1. The zero-order valence-corrected chi connectivity index (χ0v) is 12.6. The first-order valence-corrected chi connectivity index (χ1v) is 7.61. The van der Waals surface area contributed by atoms with Gasteiger partial charge >= 0.3 is 6.09 Å². The first-order valence-electron chi connectivity index (χ1n) is 7.20. The van der Waals surface area contributed by atoms with Crippen molar-refractivity contribution in [1.29, 1.82) is 0 Å². The molecule has 2 heterocycles. The summed E-state index contributed by atoms with van der Waals surface area (Å²) >= 11 is 5.45. The molecule has 1 amide bonds. The number of carbonyl (C=O) groups is 1. The fraction of sp³-hybridized carbons (Fsp3) is 0.467. The van der Waals surface area contributed by atoms with Crippen LogP contribution in [0, 0.1) is 0 Å². The third-order valence-corrected chi connectivity index (χ3v) is 4.52. The highest BCUT2D eigenvalue weighted by Crippen LogP contribution is 2.29. The van der Waals surface area contributed by atoms with E-state index >= 15 is 0 Å². The number of amides is 1. The van der Waals surface area contributed by atoms with Crippen LogP contribution in [0.1, 0.15) is 18.4 Å². The molecule has 2 N–H and O–H groups in total. The summed E-state index contributed by atoms with van der Waals surface area (Å²) in [5, 5.41) is 6.80. The minimum atomic E-state index is -0.317. The zero-order valence-electron chi connectivity index (χ0n) is 11.8. The lowest BCUT2D eigenvalue weighted by Gasteiger charge is -2.38. The van der Waals surface area contributed by atoms with Crippen LogP contribution < -0.4 is 10.6 Å². The van der Waals surface area contributed by atoms with Gasteiger partial charge in [0, 0.05) is 32.5 Å². The molecule has 0 aromatic heterocycles. The Morgan fingerprint density at radius 3 is 2.67 bits per heavy atom. The lowest BCUT2D eigenvalue weighted by atomic mass is 9.92. The van der Waals surface area contributed by atoms with Gasteiger partial charge in [0.05, 0.1) is 6.54 Å². The number of alkyl carbamates (subject to hydrolysis) is 1. The minimum absolute atomic E-state index is 0.298. The average molecular weight is 305 g/mol. The molecule has 5 nitrogen and oxygen atoms in total. The number of rotatable bonds is 2. The fourth-order valence-electron chi connectivity index (χ4n) is 2.78. The Kier molecular flexibility index (Phi) is 3.96. The minimum Gasteiger partial charge on any atom is -0.441 e.